The Labute approximate surface area is 90.9 Å². The number of likely N-dealkylation sites (tertiary alicyclic amines) is 1. The molecular weight excluding hydrogens is 189 g/mol. The van der Waals surface area contributed by atoms with Crippen molar-refractivity contribution in [2.45, 2.75) is 26.3 Å². The molecule has 1 aromatic carbocycles. The maximum Gasteiger partial charge on any atom is 0.123 e. The molecule has 1 aliphatic rings. The van der Waals surface area contributed by atoms with Crippen LogP contribution in [0.5, 0.6) is 0 Å². The van der Waals surface area contributed by atoms with Gasteiger partial charge in [-0.25, -0.2) is 4.39 Å². The third-order valence-corrected chi connectivity index (χ3v) is 3.19. The number of hydrogen-bond donors (Lipinski definition) is 0. The van der Waals surface area contributed by atoms with Gasteiger partial charge in [0.25, 0.3) is 0 Å². The molecule has 0 aromatic heterocycles. The van der Waals surface area contributed by atoms with Gasteiger partial charge >= 0.3 is 0 Å². The van der Waals surface area contributed by atoms with Crippen LogP contribution in [0.3, 0.4) is 0 Å². The van der Waals surface area contributed by atoms with Crippen LogP contribution in [0.1, 0.15) is 31.9 Å². The maximum atomic E-state index is 13.1. The Morgan fingerprint density at radius 2 is 2.13 bits per heavy atom. The Kier molecular flexibility index (Phi) is 2.55. The molecule has 2 rings (SSSR count). The normalized spacial score (nSPS) is 25.7. The van der Waals surface area contributed by atoms with Crippen LogP contribution in [0, 0.1) is 11.2 Å². The molecule has 0 amide bonds. The molecule has 0 radical (unpaired) electrons. The zero-order chi connectivity index (χ0) is 11.1. The summed E-state index contributed by atoms with van der Waals surface area (Å²) >= 11 is 0. The average Bonchev–Trinajstić information content (AvgIpc) is 2.40. The summed E-state index contributed by atoms with van der Waals surface area (Å²) in [6.07, 6.45) is 1.10. The fourth-order valence-electron chi connectivity index (χ4n) is 2.62. The molecule has 1 aromatic rings. The highest BCUT2D eigenvalue weighted by Gasteiger charge is 2.35. The molecule has 1 nitrogen and oxygen atoms in total. The Balaban J connectivity index is 2.25. The van der Waals surface area contributed by atoms with Crippen molar-refractivity contribution in [1.29, 1.82) is 0 Å². The second-order valence-electron chi connectivity index (χ2n) is 5.35. The molecule has 2 heteroatoms. The lowest BCUT2D eigenvalue weighted by molar-refractivity contribution is 0.299. The van der Waals surface area contributed by atoms with Gasteiger partial charge in [0.2, 0.25) is 0 Å². The Morgan fingerprint density at radius 1 is 1.40 bits per heavy atom. The van der Waals surface area contributed by atoms with Crippen molar-refractivity contribution >= 4 is 0 Å². The van der Waals surface area contributed by atoms with Gasteiger partial charge in [-0.1, -0.05) is 26.0 Å². The van der Waals surface area contributed by atoms with Crippen molar-refractivity contribution in [3.05, 3.63) is 35.6 Å². The fraction of sp³-hybridized carbons (Fsp3) is 0.538. The van der Waals surface area contributed by atoms with E-state index in [-0.39, 0.29) is 5.82 Å². The van der Waals surface area contributed by atoms with E-state index in [1.807, 2.05) is 6.07 Å². The number of rotatable bonds is 1. The first-order valence-electron chi connectivity index (χ1n) is 5.44. The van der Waals surface area contributed by atoms with Crippen LogP contribution in [0.15, 0.2) is 24.3 Å². The fourth-order valence-corrected chi connectivity index (χ4v) is 2.62. The SMILES string of the molecule is CN1CC(C)(C)CC1c1cccc(F)c1. The van der Waals surface area contributed by atoms with Gasteiger partial charge in [-0.3, -0.25) is 4.90 Å². The van der Waals surface area contributed by atoms with E-state index in [9.17, 15) is 4.39 Å². The summed E-state index contributed by atoms with van der Waals surface area (Å²) in [6.45, 7) is 5.61. The predicted molar refractivity (Wildman–Crippen MR) is 60.2 cm³/mol. The summed E-state index contributed by atoms with van der Waals surface area (Å²) in [4.78, 5) is 2.31. The second kappa shape index (κ2) is 3.60. The van der Waals surface area contributed by atoms with E-state index >= 15 is 0 Å². The summed E-state index contributed by atoms with van der Waals surface area (Å²) in [7, 11) is 2.12. The molecule has 1 fully saturated rings. The Morgan fingerprint density at radius 3 is 2.67 bits per heavy atom. The molecular formula is C13H18FN. The largest absolute Gasteiger partial charge is 0.299 e. The van der Waals surface area contributed by atoms with Gasteiger partial charge < -0.3 is 0 Å². The van der Waals surface area contributed by atoms with Crippen molar-refractivity contribution in [3.8, 4) is 0 Å². The zero-order valence-corrected chi connectivity index (χ0v) is 9.63. The van der Waals surface area contributed by atoms with Crippen molar-refractivity contribution in [2.75, 3.05) is 13.6 Å². The number of benzene rings is 1. The minimum atomic E-state index is -0.134. The lowest BCUT2D eigenvalue weighted by Crippen LogP contribution is -2.20. The van der Waals surface area contributed by atoms with E-state index in [1.54, 1.807) is 12.1 Å². The highest BCUT2D eigenvalue weighted by Crippen LogP contribution is 2.41. The molecule has 1 atom stereocenters. The first kappa shape index (κ1) is 10.6. The Hall–Kier alpha value is -0.890. The van der Waals surface area contributed by atoms with Gasteiger partial charge in [-0.05, 0) is 36.6 Å². The smallest absolute Gasteiger partial charge is 0.123 e. The van der Waals surface area contributed by atoms with Crippen molar-refractivity contribution in [2.24, 2.45) is 5.41 Å². The van der Waals surface area contributed by atoms with E-state index in [4.69, 9.17) is 0 Å². The quantitative estimate of drug-likeness (QED) is 0.683. The number of halogens is 1. The summed E-state index contributed by atoms with van der Waals surface area (Å²) in [5.74, 6) is -0.134. The average molecular weight is 207 g/mol. The summed E-state index contributed by atoms with van der Waals surface area (Å²) in [5, 5.41) is 0. The van der Waals surface area contributed by atoms with Gasteiger partial charge in [-0.2, -0.15) is 0 Å². The maximum absolute atomic E-state index is 13.1. The second-order valence-corrected chi connectivity index (χ2v) is 5.35. The van der Waals surface area contributed by atoms with Crippen molar-refractivity contribution < 1.29 is 4.39 Å². The third-order valence-electron chi connectivity index (χ3n) is 3.19. The minimum Gasteiger partial charge on any atom is -0.299 e. The molecule has 1 heterocycles. The molecule has 0 saturated carbocycles. The topological polar surface area (TPSA) is 3.24 Å². The molecule has 0 N–H and O–H groups in total. The van der Waals surface area contributed by atoms with Crippen molar-refractivity contribution in [1.82, 2.24) is 4.90 Å². The molecule has 82 valence electrons. The highest BCUT2D eigenvalue weighted by molar-refractivity contribution is 5.22. The molecule has 1 saturated heterocycles. The van der Waals surface area contributed by atoms with E-state index < -0.39 is 0 Å². The van der Waals surface area contributed by atoms with E-state index in [2.05, 4.69) is 25.8 Å². The van der Waals surface area contributed by atoms with Crippen molar-refractivity contribution in [3.63, 3.8) is 0 Å². The Bertz CT molecular complexity index is 359. The van der Waals surface area contributed by atoms with Gasteiger partial charge in [0.05, 0.1) is 0 Å². The first-order valence-corrected chi connectivity index (χ1v) is 5.44. The highest BCUT2D eigenvalue weighted by atomic mass is 19.1. The van der Waals surface area contributed by atoms with Crippen LogP contribution in [0.2, 0.25) is 0 Å². The standard InChI is InChI=1S/C13H18FN/c1-13(2)8-12(15(3)9-13)10-5-4-6-11(14)7-10/h4-7,12H,8-9H2,1-3H3. The van der Waals surface area contributed by atoms with E-state index in [0.29, 0.717) is 11.5 Å². The number of nitrogens with zero attached hydrogens (tertiary/aromatic N) is 1. The molecule has 0 spiro atoms. The van der Waals surface area contributed by atoms with Crippen LogP contribution < -0.4 is 0 Å². The summed E-state index contributed by atoms with van der Waals surface area (Å²) in [6, 6.07) is 7.34. The van der Waals surface area contributed by atoms with Crippen LogP contribution in [-0.2, 0) is 0 Å². The van der Waals surface area contributed by atoms with Gasteiger partial charge in [0, 0.05) is 12.6 Å². The monoisotopic (exact) mass is 207 g/mol. The summed E-state index contributed by atoms with van der Waals surface area (Å²) < 4.78 is 13.1. The molecule has 0 bridgehead atoms. The van der Waals surface area contributed by atoms with Crippen LogP contribution >= 0.6 is 0 Å². The minimum absolute atomic E-state index is 0.134. The first-order chi connectivity index (χ1) is 6.98. The predicted octanol–water partition coefficient (Wildman–Crippen LogP) is 3.23. The van der Waals surface area contributed by atoms with Gasteiger partial charge in [-0.15, -0.1) is 0 Å². The summed E-state index contributed by atoms with van der Waals surface area (Å²) in [5.41, 5.74) is 1.44. The lowest BCUT2D eigenvalue weighted by Gasteiger charge is -2.19. The van der Waals surface area contributed by atoms with Crippen LogP contribution in [-0.4, -0.2) is 18.5 Å². The molecule has 0 aliphatic carbocycles. The van der Waals surface area contributed by atoms with Crippen LogP contribution in [0.4, 0.5) is 4.39 Å². The lowest BCUT2D eigenvalue weighted by atomic mass is 9.89. The van der Waals surface area contributed by atoms with Gasteiger partial charge in [0.1, 0.15) is 5.82 Å². The molecule has 1 unspecified atom stereocenters. The molecule has 15 heavy (non-hydrogen) atoms. The zero-order valence-electron chi connectivity index (χ0n) is 9.63. The number of hydrogen-bond acceptors (Lipinski definition) is 1. The van der Waals surface area contributed by atoms with Crippen LogP contribution in [0.25, 0.3) is 0 Å². The third kappa shape index (κ3) is 2.20. The van der Waals surface area contributed by atoms with E-state index in [1.165, 1.54) is 6.07 Å². The van der Waals surface area contributed by atoms with E-state index in [0.717, 1.165) is 18.5 Å². The molecule has 1 aliphatic heterocycles. The van der Waals surface area contributed by atoms with Gasteiger partial charge in [0.15, 0.2) is 0 Å².